The fourth-order valence-electron chi connectivity index (χ4n) is 1.76. The maximum Gasteiger partial charge on any atom is 0.265 e. The van der Waals surface area contributed by atoms with Crippen LogP contribution in [0.3, 0.4) is 0 Å². The van der Waals surface area contributed by atoms with Crippen LogP contribution in [-0.4, -0.2) is 19.1 Å². The summed E-state index contributed by atoms with van der Waals surface area (Å²) < 4.78 is 10.8. The summed E-state index contributed by atoms with van der Waals surface area (Å²) in [5.74, 6) is 0.811. The number of amides is 1. The van der Waals surface area contributed by atoms with Crippen molar-refractivity contribution in [2.45, 2.75) is 13.0 Å². The van der Waals surface area contributed by atoms with E-state index in [2.05, 4.69) is 5.32 Å². The molecule has 110 valence electrons. The van der Waals surface area contributed by atoms with Gasteiger partial charge in [-0.2, -0.15) is 0 Å². The van der Waals surface area contributed by atoms with E-state index >= 15 is 0 Å². The van der Waals surface area contributed by atoms with Gasteiger partial charge in [0.25, 0.3) is 5.91 Å². The van der Waals surface area contributed by atoms with Crippen molar-refractivity contribution in [1.29, 1.82) is 0 Å². The Kier molecular flexibility index (Phi) is 5.06. The summed E-state index contributed by atoms with van der Waals surface area (Å²) in [4.78, 5) is 12.1. The summed E-state index contributed by atoms with van der Waals surface area (Å²) in [7, 11) is 1.55. The smallest absolute Gasteiger partial charge is 0.265 e. The fraction of sp³-hybridized carbons (Fsp3) is 0.188. The van der Waals surface area contributed by atoms with E-state index in [4.69, 9.17) is 21.1 Å². The van der Waals surface area contributed by atoms with Crippen LogP contribution < -0.4 is 14.8 Å². The maximum atomic E-state index is 12.1. The molecule has 5 heteroatoms. The van der Waals surface area contributed by atoms with Crippen molar-refractivity contribution in [3.05, 3.63) is 53.6 Å². The number of methoxy groups -OCH3 is 1. The minimum absolute atomic E-state index is 0.283. The third-order valence-corrected chi connectivity index (χ3v) is 3.20. The second-order valence-corrected chi connectivity index (χ2v) is 4.79. The van der Waals surface area contributed by atoms with Gasteiger partial charge in [-0.05, 0) is 31.2 Å². The third-order valence-electron chi connectivity index (χ3n) is 2.87. The SMILES string of the molecule is COc1ccccc1OC(C)C(=O)Nc1ccccc1Cl. The normalized spacial score (nSPS) is 11.6. The number of benzene rings is 2. The molecule has 0 radical (unpaired) electrons. The van der Waals surface area contributed by atoms with Gasteiger partial charge in [0.1, 0.15) is 0 Å². The highest BCUT2D eigenvalue weighted by Gasteiger charge is 2.17. The average molecular weight is 306 g/mol. The van der Waals surface area contributed by atoms with E-state index in [0.717, 1.165) is 0 Å². The van der Waals surface area contributed by atoms with E-state index in [1.54, 1.807) is 50.4 Å². The van der Waals surface area contributed by atoms with E-state index in [1.807, 2.05) is 12.1 Å². The van der Waals surface area contributed by atoms with Crippen molar-refractivity contribution in [2.24, 2.45) is 0 Å². The molecule has 0 aliphatic heterocycles. The lowest BCUT2D eigenvalue weighted by atomic mass is 10.3. The van der Waals surface area contributed by atoms with Crippen LogP contribution in [0.5, 0.6) is 11.5 Å². The largest absolute Gasteiger partial charge is 0.493 e. The van der Waals surface area contributed by atoms with Crippen molar-refractivity contribution < 1.29 is 14.3 Å². The van der Waals surface area contributed by atoms with Gasteiger partial charge in [0.05, 0.1) is 17.8 Å². The van der Waals surface area contributed by atoms with Crippen LogP contribution in [0.2, 0.25) is 5.02 Å². The highest BCUT2D eigenvalue weighted by Crippen LogP contribution is 2.27. The first kappa shape index (κ1) is 15.2. The predicted molar refractivity (Wildman–Crippen MR) is 83.2 cm³/mol. The Morgan fingerprint density at radius 2 is 1.71 bits per heavy atom. The van der Waals surface area contributed by atoms with Crippen LogP contribution in [0.4, 0.5) is 5.69 Å². The molecule has 4 nitrogen and oxygen atoms in total. The summed E-state index contributed by atoms with van der Waals surface area (Å²) in [5.41, 5.74) is 0.555. The van der Waals surface area contributed by atoms with E-state index in [-0.39, 0.29) is 5.91 Å². The molecule has 0 saturated heterocycles. The highest BCUT2D eigenvalue weighted by atomic mass is 35.5. The quantitative estimate of drug-likeness (QED) is 0.915. The van der Waals surface area contributed by atoms with Crippen LogP contribution in [0.25, 0.3) is 0 Å². The molecule has 1 atom stereocenters. The number of rotatable bonds is 5. The van der Waals surface area contributed by atoms with Crippen LogP contribution >= 0.6 is 11.6 Å². The van der Waals surface area contributed by atoms with Gasteiger partial charge in [-0.15, -0.1) is 0 Å². The van der Waals surface area contributed by atoms with Gasteiger partial charge >= 0.3 is 0 Å². The number of para-hydroxylation sites is 3. The third kappa shape index (κ3) is 3.89. The zero-order valence-corrected chi connectivity index (χ0v) is 12.6. The Hall–Kier alpha value is -2.20. The molecule has 0 spiro atoms. The molecule has 2 aromatic carbocycles. The van der Waals surface area contributed by atoms with Crippen LogP contribution in [0, 0.1) is 0 Å². The van der Waals surface area contributed by atoms with Gasteiger partial charge in [0.15, 0.2) is 17.6 Å². The predicted octanol–water partition coefficient (Wildman–Crippen LogP) is 3.75. The van der Waals surface area contributed by atoms with E-state index < -0.39 is 6.10 Å². The minimum Gasteiger partial charge on any atom is -0.493 e. The first-order chi connectivity index (χ1) is 10.1. The van der Waals surface area contributed by atoms with Crippen molar-refractivity contribution in [3.8, 4) is 11.5 Å². The summed E-state index contributed by atoms with van der Waals surface area (Å²) in [5, 5.41) is 3.21. The lowest BCUT2D eigenvalue weighted by molar-refractivity contribution is -0.122. The summed E-state index contributed by atoms with van der Waals surface area (Å²) in [6.45, 7) is 1.67. The van der Waals surface area contributed by atoms with E-state index in [0.29, 0.717) is 22.2 Å². The van der Waals surface area contributed by atoms with Crippen molar-refractivity contribution in [2.75, 3.05) is 12.4 Å². The number of ether oxygens (including phenoxy) is 2. The number of nitrogens with one attached hydrogen (secondary N) is 1. The lowest BCUT2D eigenvalue weighted by Crippen LogP contribution is -2.30. The van der Waals surface area contributed by atoms with Crippen molar-refractivity contribution >= 4 is 23.2 Å². The lowest BCUT2D eigenvalue weighted by Gasteiger charge is -2.17. The van der Waals surface area contributed by atoms with E-state index in [9.17, 15) is 4.79 Å². The molecule has 0 heterocycles. The van der Waals surface area contributed by atoms with Crippen LogP contribution in [0.1, 0.15) is 6.92 Å². The summed E-state index contributed by atoms with van der Waals surface area (Å²) >= 11 is 6.01. The van der Waals surface area contributed by atoms with Gasteiger partial charge in [-0.1, -0.05) is 35.9 Å². The Labute approximate surface area is 128 Å². The number of carbonyl (C=O) groups excluding carboxylic acids is 1. The molecular weight excluding hydrogens is 290 g/mol. The Morgan fingerprint density at radius 1 is 1.10 bits per heavy atom. The molecule has 0 bridgehead atoms. The monoisotopic (exact) mass is 305 g/mol. The highest BCUT2D eigenvalue weighted by molar-refractivity contribution is 6.33. The number of anilines is 1. The first-order valence-electron chi connectivity index (χ1n) is 6.47. The standard InChI is InChI=1S/C16H16ClNO3/c1-11(21-15-10-6-5-9-14(15)20-2)16(19)18-13-8-4-3-7-12(13)17/h3-11H,1-2H3,(H,18,19). The number of hydrogen-bond donors (Lipinski definition) is 1. The number of carbonyl (C=O) groups is 1. The van der Waals surface area contributed by atoms with Gasteiger partial charge < -0.3 is 14.8 Å². The van der Waals surface area contributed by atoms with Gasteiger partial charge in [-0.3, -0.25) is 4.79 Å². The molecule has 0 aromatic heterocycles. The molecule has 0 aliphatic carbocycles. The van der Waals surface area contributed by atoms with Gasteiger partial charge in [-0.25, -0.2) is 0 Å². The van der Waals surface area contributed by atoms with Crippen molar-refractivity contribution in [1.82, 2.24) is 0 Å². The second kappa shape index (κ2) is 6.99. The second-order valence-electron chi connectivity index (χ2n) is 4.38. The molecule has 2 aromatic rings. The number of hydrogen-bond acceptors (Lipinski definition) is 3. The minimum atomic E-state index is -0.683. The molecule has 1 amide bonds. The zero-order valence-electron chi connectivity index (χ0n) is 11.8. The van der Waals surface area contributed by atoms with Crippen LogP contribution in [0.15, 0.2) is 48.5 Å². The summed E-state index contributed by atoms with van der Waals surface area (Å²) in [6.07, 6.45) is -0.683. The first-order valence-corrected chi connectivity index (χ1v) is 6.84. The van der Waals surface area contributed by atoms with Crippen molar-refractivity contribution in [3.63, 3.8) is 0 Å². The van der Waals surface area contributed by atoms with Gasteiger partial charge in [0, 0.05) is 0 Å². The molecular formula is C16H16ClNO3. The molecule has 0 fully saturated rings. The molecule has 1 N–H and O–H groups in total. The average Bonchev–Trinajstić information content (AvgIpc) is 2.50. The molecule has 0 aliphatic rings. The zero-order chi connectivity index (χ0) is 15.2. The Balaban J connectivity index is 2.05. The Bertz CT molecular complexity index is 630. The topological polar surface area (TPSA) is 47.6 Å². The summed E-state index contributed by atoms with van der Waals surface area (Å²) in [6, 6.07) is 14.2. The van der Waals surface area contributed by atoms with Gasteiger partial charge in [0.2, 0.25) is 0 Å². The number of halogens is 1. The Morgan fingerprint density at radius 3 is 2.38 bits per heavy atom. The molecule has 0 saturated carbocycles. The fourth-order valence-corrected chi connectivity index (χ4v) is 1.94. The molecule has 2 rings (SSSR count). The molecule has 1 unspecified atom stereocenters. The maximum absolute atomic E-state index is 12.1. The molecule has 21 heavy (non-hydrogen) atoms. The van der Waals surface area contributed by atoms with E-state index in [1.165, 1.54) is 0 Å². The van der Waals surface area contributed by atoms with Crippen LogP contribution in [-0.2, 0) is 4.79 Å².